The Morgan fingerprint density at radius 1 is 1.31 bits per heavy atom. The molecule has 3 aromatic heterocycles. The summed E-state index contributed by atoms with van der Waals surface area (Å²) < 4.78 is 10.6. The number of ether oxygens (including phenoxy) is 1. The van der Waals surface area contributed by atoms with Gasteiger partial charge in [0.15, 0.2) is 5.82 Å². The van der Waals surface area contributed by atoms with E-state index in [1.54, 1.807) is 13.3 Å². The summed E-state index contributed by atoms with van der Waals surface area (Å²) in [7, 11) is 1.61. The third-order valence-electron chi connectivity index (χ3n) is 7.11. The van der Waals surface area contributed by atoms with Gasteiger partial charge in [0.25, 0.3) is 5.89 Å². The van der Waals surface area contributed by atoms with Gasteiger partial charge in [0.1, 0.15) is 12.3 Å². The van der Waals surface area contributed by atoms with E-state index in [9.17, 15) is 5.11 Å². The number of methoxy groups -OCH3 is 1. The molecule has 29 heavy (non-hydrogen) atoms. The number of pyridine rings is 1. The average Bonchev–Trinajstić information content (AvgIpc) is 3.33. The number of nitrogens with one attached hydrogen (secondary N) is 2. The normalized spacial score (nSPS) is 32.9. The van der Waals surface area contributed by atoms with Gasteiger partial charge in [-0.3, -0.25) is 0 Å². The number of nitrogens with zero attached hydrogens (tertiary/aromatic N) is 3. The lowest BCUT2D eigenvalue weighted by Gasteiger charge is -2.58. The van der Waals surface area contributed by atoms with Crippen LogP contribution in [0.2, 0.25) is 0 Å². The molecule has 4 fully saturated rings. The average molecular weight is 395 g/mol. The number of fused-ring (bicyclic) bond motifs is 1. The van der Waals surface area contributed by atoms with Gasteiger partial charge in [-0.25, -0.2) is 4.98 Å². The Balaban J connectivity index is 1.40. The highest BCUT2D eigenvalue weighted by Gasteiger charge is 2.54. The van der Waals surface area contributed by atoms with Crippen molar-refractivity contribution in [1.82, 2.24) is 20.1 Å². The zero-order valence-electron chi connectivity index (χ0n) is 16.4. The topological polar surface area (TPSA) is 109 Å². The maximum Gasteiger partial charge on any atom is 0.261 e. The van der Waals surface area contributed by atoms with E-state index in [2.05, 4.69) is 25.4 Å². The Morgan fingerprint density at radius 2 is 2.14 bits per heavy atom. The highest BCUT2D eigenvalue weighted by Crippen LogP contribution is 2.56. The molecule has 4 aliphatic carbocycles. The number of aromatic amines is 1. The molecule has 5 atom stereocenters. The second-order valence-corrected chi connectivity index (χ2v) is 9.10. The van der Waals surface area contributed by atoms with Crippen LogP contribution in [0.15, 0.2) is 23.0 Å². The van der Waals surface area contributed by atoms with Crippen molar-refractivity contribution in [2.45, 2.75) is 50.4 Å². The first-order valence-corrected chi connectivity index (χ1v) is 10.4. The Bertz CT molecular complexity index is 1040. The Labute approximate surface area is 168 Å². The van der Waals surface area contributed by atoms with Crippen LogP contribution in [0.5, 0.6) is 0 Å². The molecule has 0 saturated heterocycles. The smallest absolute Gasteiger partial charge is 0.261 e. The van der Waals surface area contributed by atoms with Crippen LogP contribution >= 0.6 is 0 Å². The van der Waals surface area contributed by atoms with Gasteiger partial charge in [-0.15, -0.1) is 0 Å². The summed E-state index contributed by atoms with van der Waals surface area (Å²) in [5, 5.41) is 19.8. The Kier molecular flexibility index (Phi) is 3.77. The largest absolute Gasteiger partial charge is 0.390 e. The van der Waals surface area contributed by atoms with Crippen molar-refractivity contribution in [3.63, 3.8) is 0 Å². The second kappa shape index (κ2) is 6.27. The predicted octanol–water partition coefficient (Wildman–Crippen LogP) is 3.11. The molecular formula is C21H25N5O3. The van der Waals surface area contributed by atoms with Gasteiger partial charge in [-0.05, 0) is 55.9 Å². The quantitative estimate of drug-likeness (QED) is 0.609. The monoisotopic (exact) mass is 395 g/mol. The summed E-state index contributed by atoms with van der Waals surface area (Å²) in [6, 6.07) is 2.37. The number of anilines is 1. The molecular weight excluding hydrogens is 370 g/mol. The molecule has 4 saturated carbocycles. The molecule has 152 valence electrons. The number of hydrogen-bond acceptors (Lipinski definition) is 7. The maximum absolute atomic E-state index is 10.9. The van der Waals surface area contributed by atoms with Crippen molar-refractivity contribution >= 4 is 16.7 Å². The van der Waals surface area contributed by atoms with E-state index in [1.165, 1.54) is 12.8 Å². The first-order chi connectivity index (χ1) is 14.1. The van der Waals surface area contributed by atoms with E-state index >= 15 is 0 Å². The lowest BCUT2D eigenvalue weighted by Crippen LogP contribution is -2.59. The predicted molar refractivity (Wildman–Crippen MR) is 106 cm³/mol. The van der Waals surface area contributed by atoms with E-state index in [0.29, 0.717) is 42.1 Å². The first kappa shape index (κ1) is 17.4. The van der Waals surface area contributed by atoms with Crippen LogP contribution in [0, 0.1) is 17.8 Å². The summed E-state index contributed by atoms with van der Waals surface area (Å²) in [5.74, 6) is 2.62. The van der Waals surface area contributed by atoms with E-state index in [-0.39, 0.29) is 0 Å². The van der Waals surface area contributed by atoms with E-state index in [1.807, 2.05) is 12.3 Å². The number of rotatable bonds is 5. The lowest BCUT2D eigenvalue weighted by molar-refractivity contribution is -0.129. The van der Waals surface area contributed by atoms with Crippen LogP contribution in [0.4, 0.5) is 5.69 Å². The molecule has 7 rings (SSSR count). The molecule has 3 aromatic rings. The number of H-pyrrole nitrogens is 1. The highest BCUT2D eigenvalue weighted by atomic mass is 16.5. The molecule has 3 N–H and O–H groups in total. The standard InChI is InChI=1S/C21H25N5O3/c1-28-10-16-24-20(29-26-16)15-9-23-19-14(2-3-22-19)18(15)25-17-12-4-11-5-13(17)8-21(27,6-11)7-12/h2-3,9,11-13,17,27H,4-8,10H2,1H3,(H2,22,23,25)/t11?,12-,13+,17?,21?. The van der Waals surface area contributed by atoms with Gasteiger partial charge in [0.05, 0.1) is 16.9 Å². The first-order valence-electron chi connectivity index (χ1n) is 10.4. The summed E-state index contributed by atoms with van der Waals surface area (Å²) in [6.07, 6.45) is 8.86. The molecule has 0 aliphatic heterocycles. The van der Waals surface area contributed by atoms with Crippen LogP contribution < -0.4 is 5.32 Å². The van der Waals surface area contributed by atoms with Crippen molar-refractivity contribution in [2.24, 2.45) is 17.8 Å². The summed E-state index contributed by atoms with van der Waals surface area (Å²) in [5.41, 5.74) is 2.17. The minimum Gasteiger partial charge on any atom is -0.390 e. The number of aliphatic hydroxyl groups is 1. The maximum atomic E-state index is 10.9. The fourth-order valence-corrected chi connectivity index (χ4v) is 6.26. The molecule has 3 heterocycles. The SMILES string of the molecule is COCc1noc(-c2cnc3[nH]ccc3c2NC2[C@@H]3CC4C[C@H]2CC(O)(C4)C3)n1. The molecule has 4 aliphatic rings. The van der Waals surface area contributed by atoms with Gasteiger partial charge in [-0.1, -0.05) is 5.16 Å². The van der Waals surface area contributed by atoms with Crippen LogP contribution in [0.3, 0.4) is 0 Å². The fourth-order valence-electron chi connectivity index (χ4n) is 6.26. The molecule has 3 unspecified atom stereocenters. The Hall–Kier alpha value is -2.45. The molecule has 4 bridgehead atoms. The summed E-state index contributed by atoms with van der Waals surface area (Å²) in [6.45, 7) is 0.304. The minimum absolute atomic E-state index is 0.304. The lowest BCUT2D eigenvalue weighted by atomic mass is 9.52. The number of aromatic nitrogens is 4. The van der Waals surface area contributed by atoms with Crippen LogP contribution in [-0.2, 0) is 11.3 Å². The summed E-state index contributed by atoms with van der Waals surface area (Å²) >= 11 is 0. The van der Waals surface area contributed by atoms with Gasteiger partial charge in [0.2, 0.25) is 0 Å². The Morgan fingerprint density at radius 3 is 2.90 bits per heavy atom. The summed E-state index contributed by atoms with van der Waals surface area (Å²) in [4.78, 5) is 12.2. The molecule has 8 nitrogen and oxygen atoms in total. The van der Waals surface area contributed by atoms with Crippen molar-refractivity contribution in [3.8, 4) is 11.5 Å². The third-order valence-corrected chi connectivity index (χ3v) is 7.11. The molecule has 0 radical (unpaired) electrons. The van der Waals surface area contributed by atoms with Gasteiger partial charge in [0, 0.05) is 30.9 Å². The van der Waals surface area contributed by atoms with Crippen molar-refractivity contribution < 1.29 is 14.4 Å². The second-order valence-electron chi connectivity index (χ2n) is 9.10. The van der Waals surface area contributed by atoms with E-state index < -0.39 is 5.60 Å². The molecule has 0 aromatic carbocycles. The zero-order chi connectivity index (χ0) is 19.6. The van der Waals surface area contributed by atoms with Crippen LogP contribution in [0.25, 0.3) is 22.5 Å². The third kappa shape index (κ3) is 2.77. The van der Waals surface area contributed by atoms with Gasteiger partial charge < -0.3 is 24.7 Å². The van der Waals surface area contributed by atoms with Crippen LogP contribution in [-0.4, -0.2) is 44.0 Å². The zero-order valence-corrected chi connectivity index (χ0v) is 16.4. The van der Waals surface area contributed by atoms with Gasteiger partial charge >= 0.3 is 0 Å². The van der Waals surface area contributed by atoms with E-state index in [4.69, 9.17) is 9.26 Å². The molecule has 8 heteroatoms. The van der Waals surface area contributed by atoms with Crippen molar-refractivity contribution in [2.75, 3.05) is 12.4 Å². The number of hydrogen-bond donors (Lipinski definition) is 3. The van der Waals surface area contributed by atoms with Crippen molar-refractivity contribution in [3.05, 3.63) is 24.3 Å². The van der Waals surface area contributed by atoms with E-state index in [0.717, 1.165) is 41.5 Å². The van der Waals surface area contributed by atoms with Gasteiger partial charge in [-0.2, -0.15) is 4.98 Å². The highest BCUT2D eigenvalue weighted by molar-refractivity contribution is 5.97. The van der Waals surface area contributed by atoms with Crippen molar-refractivity contribution in [1.29, 1.82) is 0 Å². The molecule has 0 amide bonds. The van der Waals surface area contributed by atoms with Crippen LogP contribution in [0.1, 0.15) is 37.9 Å². The fraction of sp³-hybridized carbons (Fsp3) is 0.571. The molecule has 0 spiro atoms. The minimum atomic E-state index is -0.444.